The highest BCUT2D eigenvalue weighted by Crippen LogP contribution is 2.37. The van der Waals surface area contributed by atoms with Gasteiger partial charge in [0.25, 0.3) is 0 Å². The average Bonchev–Trinajstić information content (AvgIpc) is 3.44. The summed E-state index contributed by atoms with van der Waals surface area (Å²) in [7, 11) is 0. The molecular weight excluding hydrogens is 511 g/mol. The summed E-state index contributed by atoms with van der Waals surface area (Å²) in [4.78, 5) is 4.44. The van der Waals surface area contributed by atoms with Crippen molar-refractivity contribution in [3.8, 4) is 34.2 Å². The molecule has 37 heavy (non-hydrogen) atoms. The Labute approximate surface area is 232 Å². The molecule has 1 N–H and O–H groups in total. The van der Waals surface area contributed by atoms with Gasteiger partial charge >= 0.3 is 0 Å². The summed E-state index contributed by atoms with van der Waals surface area (Å²) in [5.74, 6) is 1.99. The van der Waals surface area contributed by atoms with Crippen molar-refractivity contribution in [1.82, 2.24) is 20.5 Å². The number of hydrogen-bond acceptors (Lipinski definition) is 7. The minimum atomic E-state index is 0. The van der Waals surface area contributed by atoms with Crippen LogP contribution in [0.2, 0.25) is 0 Å². The van der Waals surface area contributed by atoms with Gasteiger partial charge in [0.05, 0.1) is 23.6 Å². The molecule has 202 valence electrons. The summed E-state index contributed by atoms with van der Waals surface area (Å²) in [5.41, 5.74) is 3.96. The Morgan fingerprint density at radius 2 is 1.70 bits per heavy atom. The van der Waals surface area contributed by atoms with Gasteiger partial charge in [-0.25, -0.2) is 4.98 Å². The van der Waals surface area contributed by atoms with Crippen LogP contribution in [0.25, 0.3) is 22.6 Å². The second-order valence-electron chi connectivity index (χ2n) is 9.64. The molecular formula is C28H38Cl2N4O3. The lowest BCUT2D eigenvalue weighted by atomic mass is 9.97. The predicted molar refractivity (Wildman–Crippen MR) is 150 cm³/mol. The Hall–Kier alpha value is -2.35. The van der Waals surface area contributed by atoms with Crippen molar-refractivity contribution in [3.05, 3.63) is 42.4 Å². The van der Waals surface area contributed by atoms with Gasteiger partial charge in [0, 0.05) is 11.6 Å². The van der Waals surface area contributed by atoms with Crippen LogP contribution in [-0.4, -0.2) is 40.5 Å². The second-order valence-corrected chi connectivity index (χ2v) is 9.64. The lowest BCUT2D eigenvalue weighted by Gasteiger charge is -2.24. The molecule has 0 spiro atoms. The third kappa shape index (κ3) is 7.59. The number of halogens is 2. The first-order valence-electron chi connectivity index (χ1n) is 13.2. The van der Waals surface area contributed by atoms with Crippen LogP contribution in [0.3, 0.4) is 0 Å². The number of oxazole rings is 1. The number of aryl methyl sites for hydroxylation is 1. The molecule has 3 aromatic rings. The molecule has 1 aromatic carbocycles. The highest BCUT2D eigenvalue weighted by molar-refractivity contribution is 5.85. The summed E-state index contributed by atoms with van der Waals surface area (Å²) in [6.45, 7) is 4.14. The number of aromatic nitrogens is 3. The average molecular weight is 550 g/mol. The Kier molecular flexibility index (Phi) is 11.5. The fourth-order valence-electron chi connectivity index (χ4n) is 5.01. The molecule has 0 bridgehead atoms. The number of hydrogen-bond donors (Lipinski definition) is 1. The minimum Gasteiger partial charge on any atom is -0.490 e. The first-order valence-corrected chi connectivity index (χ1v) is 13.2. The Morgan fingerprint density at radius 3 is 2.43 bits per heavy atom. The maximum Gasteiger partial charge on any atom is 0.234 e. The quantitative estimate of drug-likeness (QED) is 0.313. The zero-order chi connectivity index (χ0) is 23.9. The highest BCUT2D eigenvalue weighted by Gasteiger charge is 2.21. The molecule has 2 aromatic heterocycles. The van der Waals surface area contributed by atoms with E-state index in [9.17, 15) is 0 Å². The van der Waals surface area contributed by atoms with E-state index in [2.05, 4.69) is 51.7 Å². The fourth-order valence-corrected chi connectivity index (χ4v) is 5.01. The van der Waals surface area contributed by atoms with Gasteiger partial charge in [0.2, 0.25) is 11.8 Å². The third-order valence-electron chi connectivity index (χ3n) is 6.99. The van der Waals surface area contributed by atoms with E-state index in [0.717, 1.165) is 86.2 Å². The lowest BCUT2D eigenvalue weighted by molar-refractivity contribution is 0.154. The van der Waals surface area contributed by atoms with Crippen molar-refractivity contribution in [3.63, 3.8) is 0 Å². The summed E-state index contributed by atoms with van der Waals surface area (Å²) in [5, 5.41) is 12.4. The number of nitrogens with zero attached hydrogens (tertiary/aromatic N) is 3. The van der Waals surface area contributed by atoms with E-state index in [-0.39, 0.29) is 37.0 Å². The maximum absolute atomic E-state index is 6.46. The monoisotopic (exact) mass is 548 g/mol. The lowest BCUT2D eigenvalue weighted by Crippen LogP contribution is -2.34. The molecule has 1 aliphatic carbocycles. The Morgan fingerprint density at radius 1 is 0.919 bits per heavy atom. The summed E-state index contributed by atoms with van der Waals surface area (Å²) in [6, 6.07) is 8.34. The molecule has 5 rings (SSSR count). The van der Waals surface area contributed by atoms with Gasteiger partial charge in [-0.15, -0.1) is 29.9 Å². The van der Waals surface area contributed by atoms with E-state index in [4.69, 9.17) is 13.9 Å². The summed E-state index contributed by atoms with van der Waals surface area (Å²) in [6.07, 6.45) is 14.6. The van der Waals surface area contributed by atoms with Gasteiger partial charge in [-0.2, -0.15) is 5.10 Å². The Bertz CT molecular complexity index is 1090. The topological polar surface area (TPSA) is 82.3 Å². The van der Waals surface area contributed by atoms with Crippen LogP contribution >= 0.6 is 24.8 Å². The van der Waals surface area contributed by atoms with Crippen molar-refractivity contribution < 1.29 is 13.9 Å². The van der Waals surface area contributed by atoms with Crippen molar-refractivity contribution >= 4 is 24.8 Å². The molecule has 0 radical (unpaired) electrons. The molecule has 2 fully saturated rings. The molecule has 0 amide bonds. The van der Waals surface area contributed by atoms with Crippen molar-refractivity contribution in [2.45, 2.75) is 83.3 Å². The number of benzene rings is 1. The smallest absolute Gasteiger partial charge is 0.234 e. The normalized spacial score (nSPS) is 16.5. The SMILES string of the molecule is CCCCc1nnc(OC2CCNCC2)cc1-c1ccc(OC2CCCCC2)c(-c2ncco2)c1.Cl.Cl. The van der Waals surface area contributed by atoms with Crippen LogP contribution in [0.4, 0.5) is 0 Å². The van der Waals surface area contributed by atoms with E-state index >= 15 is 0 Å². The molecule has 9 heteroatoms. The molecule has 2 aliphatic rings. The van der Waals surface area contributed by atoms with Crippen molar-refractivity contribution in [1.29, 1.82) is 0 Å². The van der Waals surface area contributed by atoms with Crippen LogP contribution < -0.4 is 14.8 Å². The van der Waals surface area contributed by atoms with E-state index < -0.39 is 0 Å². The van der Waals surface area contributed by atoms with Gasteiger partial charge in [0.1, 0.15) is 18.1 Å². The van der Waals surface area contributed by atoms with Crippen molar-refractivity contribution in [2.24, 2.45) is 0 Å². The number of ether oxygens (including phenoxy) is 2. The molecule has 3 heterocycles. The molecule has 7 nitrogen and oxygen atoms in total. The fraction of sp³-hybridized carbons (Fsp3) is 0.536. The molecule has 1 aliphatic heterocycles. The predicted octanol–water partition coefficient (Wildman–Crippen LogP) is 6.83. The van der Waals surface area contributed by atoms with Crippen LogP contribution in [0.1, 0.15) is 70.4 Å². The first-order chi connectivity index (χ1) is 17.3. The highest BCUT2D eigenvalue weighted by atomic mass is 35.5. The Balaban J connectivity index is 0.00000190. The summed E-state index contributed by atoms with van der Waals surface area (Å²) < 4.78 is 18.4. The number of piperidine rings is 1. The first kappa shape index (κ1) is 29.2. The summed E-state index contributed by atoms with van der Waals surface area (Å²) >= 11 is 0. The largest absolute Gasteiger partial charge is 0.490 e. The number of unbranched alkanes of at least 4 members (excludes halogenated alkanes) is 1. The van der Waals surface area contributed by atoms with Gasteiger partial charge < -0.3 is 19.2 Å². The molecule has 1 saturated carbocycles. The number of nitrogens with one attached hydrogen (secondary N) is 1. The van der Waals surface area contributed by atoms with E-state index in [1.165, 1.54) is 19.3 Å². The van der Waals surface area contributed by atoms with E-state index in [0.29, 0.717) is 11.8 Å². The standard InChI is InChI=1S/C28H36N4O3.2ClH/c1-2-3-9-25-23(19-27(32-31-25)35-22-12-14-29-15-13-22)20-10-11-26(34-21-7-5-4-6-8-21)24(18-20)28-30-16-17-33-28;;/h10-11,16-19,21-22,29H,2-9,12-15H2,1H3;2*1H. The van der Waals surface area contributed by atoms with Crippen LogP contribution in [0.5, 0.6) is 11.6 Å². The molecule has 0 atom stereocenters. The zero-order valence-corrected chi connectivity index (χ0v) is 23.1. The van der Waals surface area contributed by atoms with Gasteiger partial charge in [0.15, 0.2) is 0 Å². The molecule has 1 saturated heterocycles. The number of rotatable bonds is 9. The van der Waals surface area contributed by atoms with Gasteiger partial charge in [-0.05, 0) is 82.2 Å². The van der Waals surface area contributed by atoms with Crippen LogP contribution in [0, 0.1) is 0 Å². The maximum atomic E-state index is 6.46. The van der Waals surface area contributed by atoms with Gasteiger partial charge in [-0.1, -0.05) is 25.8 Å². The third-order valence-corrected chi connectivity index (χ3v) is 6.99. The second kappa shape index (κ2) is 14.6. The molecule has 0 unspecified atom stereocenters. The minimum absolute atomic E-state index is 0. The van der Waals surface area contributed by atoms with Gasteiger partial charge in [-0.3, -0.25) is 0 Å². The van der Waals surface area contributed by atoms with Crippen LogP contribution in [0.15, 0.2) is 41.1 Å². The zero-order valence-electron chi connectivity index (χ0n) is 21.5. The van der Waals surface area contributed by atoms with E-state index in [1.807, 2.05) is 0 Å². The van der Waals surface area contributed by atoms with Crippen molar-refractivity contribution in [2.75, 3.05) is 13.1 Å². The van der Waals surface area contributed by atoms with Crippen LogP contribution in [-0.2, 0) is 6.42 Å². The van der Waals surface area contributed by atoms with E-state index in [1.54, 1.807) is 12.5 Å².